The van der Waals surface area contributed by atoms with Gasteiger partial charge in [0, 0.05) is 24.5 Å². The number of fused-ring (bicyclic) bond motifs is 1. The summed E-state index contributed by atoms with van der Waals surface area (Å²) < 4.78 is 16.9. The van der Waals surface area contributed by atoms with Crippen LogP contribution in [0.2, 0.25) is 5.02 Å². The molecule has 2 aromatic rings. The molecule has 0 saturated carbocycles. The SMILES string of the molecule is COc1ccc(OC)c(-c2cc(Cl)c3c(c2)C[C@@H](CNC(=O)[C@@H](NC(C)=O)C(C)C)O3)c1. The maximum atomic E-state index is 12.6. The van der Waals surface area contributed by atoms with E-state index in [1.165, 1.54) is 6.92 Å². The summed E-state index contributed by atoms with van der Waals surface area (Å²) in [6.45, 7) is 5.48. The zero-order valence-electron chi connectivity index (χ0n) is 19.0. The molecule has 0 aliphatic carbocycles. The topological polar surface area (TPSA) is 85.9 Å². The Morgan fingerprint density at radius 3 is 2.56 bits per heavy atom. The number of halogens is 1. The summed E-state index contributed by atoms with van der Waals surface area (Å²) >= 11 is 6.54. The minimum absolute atomic E-state index is 0.0320. The lowest BCUT2D eigenvalue weighted by molar-refractivity contribution is -0.129. The molecule has 0 saturated heterocycles. The first-order valence-electron chi connectivity index (χ1n) is 10.5. The average Bonchev–Trinajstić information content (AvgIpc) is 3.18. The highest BCUT2D eigenvalue weighted by Gasteiger charge is 2.29. The van der Waals surface area contributed by atoms with E-state index < -0.39 is 6.04 Å². The van der Waals surface area contributed by atoms with Gasteiger partial charge in [0.2, 0.25) is 11.8 Å². The van der Waals surface area contributed by atoms with Crippen LogP contribution in [0.5, 0.6) is 17.2 Å². The van der Waals surface area contributed by atoms with Crippen LogP contribution < -0.4 is 24.8 Å². The molecule has 2 N–H and O–H groups in total. The molecule has 0 radical (unpaired) electrons. The molecule has 1 aliphatic heterocycles. The number of hydrogen-bond acceptors (Lipinski definition) is 5. The van der Waals surface area contributed by atoms with Crippen LogP contribution in [0.25, 0.3) is 11.1 Å². The molecular formula is C24H29ClN2O5. The van der Waals surface area contributed by atoms with Gasteiger partial charge in [0.05, 0.1) is 25.8 Å². The van der Waals surface area contributed by atoms with Crippen LogP contribution in [-0.2, 0) is 16.0 Å². The van der Waals surface area contributed by atoms with Crippen LogP contribution >= 0.6 is 11.6 Å². The molecule has 0 unspecified atom stereocenters. The van der Waals surface area contributed by atoms with E-state index in [4.69, 9.17) is 25.8 Å². The molecule has 7 nitrogen and oxygen atoms in total. The number of methoxy groups -OCH3 is 2. The second-order valence-corrected chi connectivity index (χ2v) is 8.53. The van der Waals surface area contributed by atoms with E-state index in [9.17, 15) is 9.59 Å². The largest absolute Gasteiger partial charge is 0.497 e. The van der Waals surface area contributed by atoms with Crippen LogP contribution in [0.4, 0.5) is 0 Å². The van der Waals surface area contributed by atoms with Crippen molar-refractivity contribution in [2.24, 2.45) is 5.92 Å². The van der Waals surface area contributed by atoms with E-state index in [0.29, 0.717) is 35.2 Å². The Labute approximate surface area is 193 Å². The molecule has 2 atom stereocenters. The molecule has 1 heterocycles. The van der Waals surface area contributed by atoms with E-state index in [1.54, 1.807) is 14.2 Å². The standard InChI is InChI=1S/C24H29ClN2O5/c1-13(2)22(27-14(3)28)24(29)26-12-18-9-16-8-15(10-20(25)23(16)32-18)19-11-17(30-4)6-7-21(19)31-5/h6-8,10-11,13,18,22H,9,12H2,1-5H3,(H,26,29)(H,27,28)/t18-,22-/m0/s1. The van der Waals surface area contributed by atoms with Crippen LogP contribution in [-0.4, -0.2) is 44.7 Å². The minimum Gasteiger partial charge on any atom is -0.497 e. The molecular weight excluding hydrogens is 432 g/mol. The van der Waals surface area contributed by atoms with Gasteiger partial charge in [0.25, 0.3) is 0 Å². The molecule has 0 aromatic heterocycles. The lowest BCUT2D eigenvalue weighted by Gasteiger charge is -2.22. The van der Waals surface area contributed by atoms with Crippen LogP contribution in [0.1, 0.15) is 26.3 Å². The summed E-state index contributed by atoms with van der Waals surface area (Å²) in [5.41, 5.74) is 2.71. The summed E-state index contributed by atoms with van der Waals surface area (Å²) in [4.78, 5) is 24.0. The molecule has 0 fully saturated rings. The highest BCUT2D eigenvalue weighted by Crippen LogP contribution is 2.42. The van der Waals surface area contributed by atoms with Crippen LogP contribution in [0, 0.1) is 5.92 Å². The Hall–Kier alpha value is -2.93. The molecule has 8 heteroatoms. The number of ether oxygens (including phenoxy) is 3. The average molecular weight is 461 g/mol. The molecule has 2 aromatic carbocycles. The predicted octanol–water partition coefficient (Wildman–Crippen LogP) is 3.60. The van der Waals surface area contributed by atoms with E-state index in [1.807, 2.05) is 44.2 Å². The van der Waals surface area contributed by atoms with Gasteiger partial charge < -0.3 is 24.8 Å². The van der Waals surface area contributed by atoms with Crippen molar-refractivity contribution in [1.29, 1.82) is 0 Å². The molecule has 32 heavy (non-hydrogen) atoms. The monoisotopic (exact) mass is 460 g/mol. The van der Waals surface area contributed by atoms with Crippen molar-refractivity contribution in [3.63, 3.8) is 0 Å². The molecule has 2 amide bonds. The smallest absolute Gasteiger partial charge is 0.242 e. The van der Waals surface area contributed by atoms with E-state index >= 15 is 0 Å². The number of rotatable bonds is 8. The van der Waals surface area contributed by atoms with Gasteiger partial charge in [-0.2, -0.15) is 0 Å². The second kappa shape index (κ2) is 10.1. The Balaban J connectivity index is 1.75. The fourth-order valence-corrected chi connectivity index (χ4v) is 4.06. The lowest BCUT2D eigenvalue weighted by atomic mass is 9.99. The second-order valence-electron chi connectivity index (χ2n) is 8.12. The number of benzene rings is 2. The third-order valence-corrected chi connectivity index (χ3v) is 5.66. The van der Waals surface area contributed by atoms with Gasteiger partial charge in [0.15, 0.2) is 0 Å². The Bertz CT molecular complexity index is 1010. The van der Waals surface area contributed by atoms with Gasteiger partial charge in [-0.1, -0.05) is 25.4 Å². The van der Waals surface area contributed by atoms with Crippen molar-refractivity contribution < 1.29 is 23.8 Å². The summed E-state index contributed by atoms with van der Waals surface area (Å²) in [5.74, 6) is 1.54. The zero-order chi connectivity index (χ0) is 23.4. The van der Waals surface area contributed by atoms with Crippen LogP contribution in [0.3, 0.4) is 0 Å². The van der Waals surface area contributed by atoms with Crippen molar-refractivity contribution >= 4 is 23.4 Å². The maximum Gasteiger partial charge on any atom is 0.242 e. The molecule has 0 spiro atoms. The third-order valence-electron chi connectivity index (χ3n) is 5.38. The summed E-state index contributed by atoms with van der Waals surface area (Å²) in [6.07, 6.45) is 0.348. The minimum atomic E-state index is -0.591. The summed E-state index contributed by atoms with van der Waals surface area (Å²) in [5, 5.41) is 6.07. The summed E-state index contributed by atoms with van der Waals surface area (Å²) in [6, 6.07) is 8.86. The van der Waals surface area contributed by atoms with Crippen molar-refractivity contribution in [2.45, 2.75) is 39.3 Å². The lowest BCUT2D eigenvalue weighted by Crippen LogP contribution is -2.50. The number of amides is 2. The van der Waals surface area contributed by atoms with Gasteiger partial charge in [0.1, 0.15) is 29.4 Å². The molecule has 3 rings (SSSR count). The third kappa shape index (κ3) is 5.27. The molecule has 1 aliphatic rings. The Kier molecular flexibility index (Phi) is 7.51. The quantitative estimate of drug-likeness (QED) is 0.628. The number of nitrogens with one attached hydrogen (secondary N) is 2. The Morgan fingerprint density at radius 2 is 1.94 bits per heavy atom. The van der Waals surface area contributed by atoms with Gasteiger partial charge in [-0.15, -0.1) is 0 Å². The highest BCUT2D eigenvalue weighted by atomic mass is 35.5. The predicted molar refractivity (Wildman–Crippen MR) is 124 cm³/mol. The maximum absolute atomic E-state index is 12.6. The highest BCUT2D eigenvalue weighted by molar-refractivity contribution is 6.32. The first kappa shape index (κ1) is 23.7. The van der Waals surface area contributed by atoms with E-state index in [0.717, 1.165) is 16.7 Å². The van der Waals surface area contributed by atoms with Gasteiger partial charge >= 0.3 is 0 Å². The van der Waals surface area contributed by atoms with Gasteiger partial charge in [-0.05, 0) is 41.8 Å². The number of hydrogen-bond donors (Lipinski definition) is 2. The van der Waals surface area contributed by atoms with Crippen molar-refractivity contribution in [3.05, 3.63) is 40.9 Å². The molecule has 0 bridgehead atoms. The normalized spacial score (nSPS) is 15.5. The molecule has 172 valence electrons. The van der Waals surface area contributed by atoms with Crippen molar-refractivity contribution in [2.75, 3.05) is 20.8 Å². The fourth-order valence-electron chi connectivity index (χ4n) is 3.77. The number of carbonyl (C=O) groups is 2. The van der Waals surface area contributed by atoms with Crippen molar-refractivity contribution in [3.8, 4) is 28.4 Å². The zero-order valence-corrected chi connectivity index (χ0v) is 19.7. The van der Waals surface area contributed by atoms with Crippen molar-refractivity contribution in [1.82, 2.24) is 10.6 Å². The first-order chi connectivity index (χ1) is 15.2. The van der Waals surface area contributed by atoms with E-state index in [2.05, 4.69) is 10.6 Å². The van der Waals surface area contributed by atoms with Gasteiger partial charge in [-0.3, -0.25) is 9.59 Å². The number of carbonyl (C=O) groups excluding carboxylic acids is 2. The van der Waals surface area contributed by atoms with Gasteiger partial charge in [-0.25, -0.2) is 0 Å². The van der Waals surface area contributed by atoms with Crippen LogP contribution in [0.15, 0.2) is 30.3 Å². The fraction of sp³-hybridized carbons (Fsp3) is 0.417. The van der Waals surface area contributed by atoms with E-state index in [-0.39, 0.29) is 23.8 Å². The Morgan fingerprint density at radius 1 is 1.19 bits per heavy atom. The summed E-state index contributed by atoms with van der Waals surface area (Å²) in [7, 11) is 3.23. The first-order valence-corrected chi connectivity index (χ1v) is 10.9.